The van der Waals surface area contributed by atoms with Crippen molar-refractivity contribution in [2.75, 3.05) is 36.9 Å². The zero-order valence-electron chi connectivity index (χ0n) is 16.9. The number of sulfonamides is 1. The highest BCUT2D eigenvalue weighted by Gasteiger charge is 2.21. The highest BCUT2D eigenvalue weighted by molar-refractivity contribution is 7.92. The molecule has 0 atom stereocenters. The smallest absolute Gasteiger partial charge is 0.240 e. The molecule has 0 unspecified atom stereocenters. The third-order valence-corrected chi connectivity index (χ3v) is 5.79. The predicted octanol–water partition coefficient (Wildman–Crippen LogP) is 2.71. The molecule has 1 amide bonds. The molecular weight excluding hydrogens is 380 g/mol. The van der Waals surface area contributed by atoms with Crippen molar-refractivity contribution in [1.29, 1.82) is 0 Å². The first-order chi connectivity index (χ1) is 13.4. The van der Waals surface area contributed by atoms with Crippen molar-refractivity contribution in [2.45, 2.75) is 51.6 Å². The van der Waals surface area contributed by atoms with Crippen molar-refractivity contribution in [3.63, 3.8) is 0 Å². The van der Waals surface area contributed by atoms with Crippen molar-refractivity contribution >= 4 is 21.6 Å². The summed E-state index contributed by atoms with van der Waals surface area (Å²) in [5.41, 5.74) is 0.407. The minimum atomic E-state index is -3.60. The normalized spacial score (nSPS) is 15.2. The number of nitrogens with zero attached hydrogens (tertiary/aromatic N) is 1. The third-order valence-electron chi connectivity index (χ3n) is 4.65. The van der Waals surface area contributed by atoms with Gasteiger partial charge in [0.05, 0.1) is 24.7 Å². The van der Waals surface area contributed by atoms with Crippen molar-refractivity contribution in [1.82, 2.24) is 5.32 Å². The Kier molecular flexibility index (Phi) is 9.05. The molecule has 1 N–H and O–H groups in total. The standard InChI is InChI=1S/C20H32N2O5S/c1-3-26-19-12-7-9-17(15-19)22(28(2,24)25)16-20(23)21-13-8-14-27-18-10-5-4-6-11-18/h7,9,12,15,18H,3-6,8,10-11,13-14,16H2,1-2H3,(H,21,23). The molecule has 8 heteroatoms. The van der Waals surface area contributed by atoms with Gasteiger partial charge >= 0.3 is 0 Å². The molecule has 0 bridgehead atoms. The molecule has 0 radical (unpaired) electrons. The van der Waals surface area contributed by atoms with Gasteiger partial charge in [0.1, 0.15) is 12.3 Å². The summed E-state index contributed by atoms with van der Waals surface area (Å²) < 4.78 is 36.7. The highest BCUT2D eigenvalue weighted by Crippen LogP contribution is 2.23. The minimum Gasteiger partial charge on any atom is -0.494 e. The van der Waals surface area contributed by atoms with Crippen LogP contribution in [0.5, 0.6) is 5.75 Å². The summed E-state index contributed by atoms with van der Waals surface area (Å²) >= 11 is 0. The van der Waals surface area contributed by atoms with Crippen LogP contribution < -0.4 is 14.4 Å². The molecule has 1 aromatic rings. The van der Waals surface area contributed by atoms with E-state index in [2.05, 4.69) is 5.32 Å². The van der Waals surface area contributed by atoms with Crippen LogP contribution in [0.25, 0.3) is 0 Å². The topological polar surface area (TPSA) is 84.9 Å². The van der Waals surface area contributed by atoms with Gasteiger partial charge in [0.25, 0.3) is 0 Å². The fourth-order valence-corrected chi connectivity index (χ4v) is 4.11. The van der Waals surface area contributed by atoms with Crippen LogP contribution in [-0.2, 0) is 19.6 Å². The number of carbonyl (C=O) groups is 1. The first kappa shape index (κ1) is 22.5. The van der Waals surface area contributed by atoms with Crippen LogP contribution in [0.4, 0.5) is 5.69 Å². The molecule has 0 saturated heterocycles. The summed E-state index contributed by atoms with van der Waals surface area (Å²) in [6.07, 6.45) is 8.14. The number of rotatable bonds is 11. The van der Waals surface area contributed by atoms with Crippen LogP contribution in [-0.4, -0.2) is 53.0 Å². The summed E-state index contributed by atoms with van der Waals surface area (Å²) in [6.45, 7) is 3.13. The van der Waals surface area contributed by atoms with Gasteiger partial charge in [-0.3, -0.25) is 9.10 Å². The Morgan fingerprint density at radius 3 is 2.68 bits per heavy atom. The zero-order chi connectivity index (χ0) is 20.4. The van der Waals surface area contributed by atoms with Crippen molar-refractivity contribution in [3.05, 3.63) is 24.3 Å². The summed E-state index contributed by atoms with van der Waals surface area (Å²) in [4.78, 5) is 12.3. The molecule has 0 spiro atoms. The molecule has 158 valence electrons. The fraction of sp³-hybridized carbons (Fsp3) is 0.650. The Bertz CT molecular complexity index is 717. The lowest BCUT2D eigenvalue weighted by Gasteiger charge is -2.23. The van der Waals surface area contributed by atoms with Crippen LogP contribution in [0.1, 0.15) is 45.4 Å². The summed E-state index contributed by atoms with van der Waals surface area (Å²) in [5, 5.41) is 2.78. The maximum absolute atomic E-state index is 12.3. The monoisotopic (exact) mass is 412 g/mol. The number of nitrogens with one attached hydrogen (secondary N) is 1. The number of hydrogen-bond donors (Lipinski definition) is 1. The van der Waals surface area contributed by atoms with E-state index in [9.17, 15) is 13.2 Å². The SMILES string of the molecule is CCOc1cccc(N(CC(=O)NCCCOC2CCCCC2)S(C)(=O)=O)c1. The van der Waals surface area contributed by atoms with Gasteiger partial charge in [-0.1, -0.05) is 25.3 Å². The number of ether oxygens (including phenoxy) is 2. The van der Waals surface area contributed by atoms with E-state index in [0.29, 0.717) is 43.7 Å². The van der Waals surface area contributed by atoms with Gasteiger partial charge in [-0.2, -0.15) is 0 Å². The quantitative estimate of drug-likeness (QED) is 0.565. The van der Waals surface area contributed by atoms with Gasteiger partial charge in [-0.05, 0) is 38.3 Å². The molecule has 1 aliphatic rings. The second kappa shape index (κ2) is 11.3. The van der Waals surface area contributed by atoms with Gasteiger partial charge in [0.2, 0.25) is 15.9 Å². The molecule has 7 nitrogen and oxygen atoms in total. The number of hydrogen-bond acceptors (Lipinski definition) is 5. The van der Waals surface area contributed by atoms with Crippen LogP contribution in [0.15, 0.2) is 24.3 Å². The van der Waals surface area contributed by atoms with Crippen LogP contribution in [0.2, 0.25) is 0 Å². The Balaban J connectivity index is 1.81. The lowest BCUT2D eigenvalue weighted by atomic mass is 9.98. The lowest BCUT2D eigenvalue weighted by Crippen LogP contribution is -2.40. The highest BCUT2D eigenvalue weighted by atomic mass is 32.2. The van der Waals surface area contributed by atoms with Gasteiger partial charge in [-0.15, -0.1) is 0 Å². The average molecular weight is 413 g/mol. The van der Waals surface area contributed by atoms with E-state index in [4.69, 9.17) is 9.47 Å². The molecule has 1 aromatic carbocycles. The maximum Gasteiger partial charge on any atom is 0.240 e. The summed E-state index contributed by atoms with van der Waals surface area (Å²) in [5.74, 6) is 0.221. The van der Waals surface area contributed by atoms with E-state index in [1.165, 1.54) is 19.3 Å². The van der Waals surface area contributed by atoms with Crippen molar-refractivity contribution in [3.8, 4) is 5.75 Å². The van der Waals surface area contributed by atoms with Crippen LogP contribution in [0.3, 0.4) is 0 Å². The van der Waals surface area contributed by atoms with Gasteiger partial charge in [0.15, 0.2) is 0 Å². The largest absolute Gasteiger partial charge is 0.494 e. The summed E-state index contributed by atoms with van der Waals surface area (Å²) in [6, 6.07) is 6.73. The first-order valence-corrected chi connectivity index (χ1v) is 11.8. The van der Waals surface area contributed by atoms with E-state index < -0.39 is 10.0 Å². The van der Waals surface area contributed by atoms with Crippen molar-refractivity contribution < 1.29 is 22.7 Å². The average Bonchev–Trinajstić information content (AvgIpc) is 2.66. The fourth-order valence-electron chi connectivity index (χ4n) is 3.26. The Labute approximate surface area is 168 Å². The predicted molar refractivity (Wildman–Crippen MR) is 110 cm³/mol. The third kappa shape index (κ3) is 7.67. The first-order valence-electron chi connectivity index (χ1n) is 9.99. The van der Waals surface area contributed by atoms with E-state index in [-0.39, 0.29) is 12.5 Å². The van der Waals surface area contributed by atoms with Crippen molar-refractivity contribution in [2.24, 2.45) is 0 Å². The Morgan fingerprint density at radius 2 is 2.00 bits per heavy atom. The van der Waals surface area contributed by atoms with E-state index >= 15 is 0 Å². The number of benzene rings is 1. The molecule has 1 fully saturated rings. The molecule has 0 aliphatic heterocycles. The molecule has 0 aromatic heterocycles. The molecule has 1 aliphatic carbocycles. The van der Waals surface area contributed by atoms with E-state index in [1.54, 1.807) is 24.3 Å². The summed E-state index contributed by atoms with van der Waals surface area (Å²) in [7, 11) is -3.60. The van der Waals surface area contributed by atoms with Gasteiger partial charge in [0, 0.05) is 19.2 Å². The molecule has 1 saturated carbocycles. The molecule has 2 rings (SSSR count). The van der Waals surface area contributed by atoms with Gasteiger partial charge in [-0.25, -0.2) is 8.42 Å². The van der Waals surface area contributed by atoms with Gasteiger partial charge < -0.3 is 14.8 Å². The molecule has 0 heterocycles. The number of carbonyl (C=O) groups excluding carboxylic acids is 1. The zero-order valence-corrected chi connectivity index (χ0v) is 17.7. The second-order valence-electron chi connectivity index (χ2n) is 7.03. The Hall–Kier alpha value is -1.80. The number of amides is 1. The minimum absolute atomic E-state index is 0.266. The van der Waals surface area contributed by atoms with E-state index in [1.807, 2.05) is 6.92 Å². The maximum atomic E-state index is 12.3. The lowest BCUT2D eigenvalue weighted by molar-refractivity contribution is -0.119. The van der Waals surface area contributed by atoms with Crippen LogP contribution in [0, 0.1) is 0 Å². The Morgan fingerprint density at radius 1 is 1.25 bits per heavy atom. The molecular formula is C20H32N2O5S. The van der Waals surface area contributed by atoms with Crippen LogP contribution >= 0.6 is 0 Å². The number of anilines is 1. The van der Waals surface area contributed by atoms with E-state index in [0.717, 1.165) is 23.4 Å². The second-order valence-corrected chi connectivity index (χ2v) is 8.94. The molecule has 28 heavy (non-hydrogen) atoms.